The van der Waals surface area contributed by atoms with Gasteiger partial charge in [-0.15, -0.1) is 0 Å². The summed E-state index contributed by atoms with van der Waals surface area (Å²) in [6.07, 6.45) is 0. The predicted octanol–water partition coefficient (Wildman–Crippen LogP) is 4.30. The maximum atomic E-state index is 12.5. The molecule has 0 unspecified atom stereocenters. The summed E-state index contributed by atoms with van der Waals surface area (Å²) in [5, 5.41) is 13.0. The molecular weight excluding hydrogens is 360 g/mol. The third-order valence-corrected chi connectivity index (χ3v) is 5.26. The van der Waals surface area contributed by atoms with Crippen LogP contribution in [0.2, 0.25) is 0 Å². The van der Waals surface area contributed by atoms with E-state index in [9.17, 15) is 10.1 Å². The van der Waals surface area contributed by atoms with Gasteiger partial charge in [0, 0.05) is 11.4 Å². The van der Waals surface area contributed by atoms with Crippen molar-refractivity contribution >= 4 is 23.5 Å². The molecule has 0 bridgehead atoms. The van der Waals surface area contributed by atoms with Crippen LogP contribution >= 0.6 is 11.8 Å². The molecule has 27 heavy (non-hydrogen) atoms. The SMILES string of the molecule is Cc1nc(SCC(=O)Nc2c(C#N)c(C)c(C)n2-c2ccccc2)oc1C. The number of carbonyl (C=O) groups is 1. The summed E-state index contributed by atoms with van der Waals surface area (Å²) in [5.74, 6) is 1.15. The Bertz CT molecular complexity index is 1010. The third-order valence-electron chi connectivity index (χ3n) is 4.43. The lowest BCUT2D eigenvalue weighted by Gasteiger charge is -2.12. The Labute approximate surface area is 162 Å². The van der Waals surface area contributed by atoms with Crippen molar-refractivity contribution in [2.75, 3.05) is 11.1 Å². The summed E-state index contributed by atoms with van der Waals surface area (Å²) in [7, 11) is 0. The molecule has 0 saturated heterocycles. The number of para-hydroxylation sites is 1. The van der Waals surface area contributed by atoms with Gasteiger partial charge in [-0.05, 0) is 45.4 Å². The number of thioether (sulfide) groups is 1. The van der Waals surface area contributed by atoms with E-state index in [0.29, 0.717) is 16.6 Å². The standard InChI is InChI=1S/C20H20N4O2S/c1-12-14(3)24(16-8-6-5-7-9-16)19(17(12)10-21)23-18(25)11-27-20-22-13(2)15(4)26-20/h5-9H,11H2,1-4H3,(H,23,25). The zero-order valence-electron chi connectivity index (χ0n) is 15.7. The Morgan fingerprint density at radius 2 is 1.96 bits per heavy atom. The van der Waals surface area contributed by atoms with Crippen molar-refractivity contribution in [3.05, 3.63) is 58.6 Å². The fourth-order valence-electron chi connectivity index (χ4n) is 2.76. The van der Waals surface area contributed by atoms with E-state index in [4.69, 9.17) is 4.42 Å². The van der Waals surface area contributed by atoms with Crippen molar-refractivity contribution in [3.8, 4) is 11.8 Å². The molecule has 0 aliphatic heterocycles. The van der Waals surface area contributed by atoms with Crippen molar-refractivity contribution in [2.24, 2.45) is 0 Å². The molecule has 6 nitrogen and oxygen atoms in total. The minimum absolute atomic E-state index is 0.141. The number of amides is 1. The summed E-state index contributed by atoms with van der Waals surface area (Å²) in [6, 6.07) is 11.9. The van der Waals surface area contributed by atoms with E-state index in [1.807, 2.05) is 62.6 Å². The second kappa shape index (κ2) is 7.72. The van der Waals surface area contributed by atoms with Crippen molar-refractivity contribution in [2.45, 2.75) is 32.9 Å². The maximum absolute atomic E-state index is 12.5. The van der Waals surface area contributed by atoms with Crippen molar-refractivity contribution in [1.82, 2.24) is 9.55 Å². The number of carbonyl (C=O) groups excluding carboxylic acids is 1. The average molecular weight is 380 g/mol. The first-order valence-electron chi connectivity index (χ1n) is 8.46. The third kappa shape index (κ3) is 3.76. The van der Waals surface area contributed by atoms with Gasteiger partial charge < -0.3 is 9.73 Å². The van der Waals surface area contributed by atoms with E-state index in [2.05, 4.69) is 16.4 Å². The first kappa shape index (κ1) is 18.8. The summed E-state index contributed by atoms with van der Waals surface area (Å²) in [6.45, 7) is 7.52. The van der Waals surface area contributed by atoms with Crippen LogP contribution in [0.4, 0.5) is 5.82 Å². The average Bonchev–Trinajstić information content (AvgIpc) is 3.10. The Morgan fingerprint density at radius 3 is 2.56 bits per heavy atom. The molecule has 0 fully saturated rings. The summed E-state index contributed by atoms with van der Waals surface area (Å²) in [5.41, 5.74) is 3.94. The van der Waals surface area contributed by atoms with Crippen LogP contribution < -0.4 is 5.32 Å². The number of nitrogens with zero attached hydrogens (tertiary/aromatic N) is 3. The van der Waals surface area contributed by atoms with Crippen molar-refractivity contribution < 1.29 is 9.21 Å². The van der Waals surface area contributed by atoms with Gasteiger partial charge in [-0.2, -0.15) is 5.26 Å². The van der Waals surface area contributed by atoms with Crippen LogP contribution in [0.25, 0.3) is 5.69 Å². The van der Waals surface area contributed by atoms with E-state index in [-0.39, 0.29) is 11.7 Å². The highest BCUT2D eigenvalue weighted by Crippen LogP contribution is 2.30. The molecule has 1 amide bonds. The van der Waals surface area contributed by atoms with E-state index >= 15 is 0 Å². The first-order chi connectivity index (χ1) is 12.9. The predicted molar refractivity (Wildman–Crippen MR) is 105 cm³/mol. The van der Waals surface area contributed by atoms with Crippen LogP contribution in [-0.2, 0) is 4.79 Å². The molecule has 0 radical (unpaired) electrons. The van der Waals surface area contributed by atoms with Gasteiger partial charge in [-0.1, -0.05) is 30.0 Å². The van der Waals surface area contributed by atoms with Gasteiger partial charge in [-0.25, -0.2) is 4.98 Å². The zero-order chi connectivity index (χ0) is 19.6. The fraction of sp³-hybridized carbons (Fsp3) is 0.250. The first-order valence-corrected chi connectivity index (χ1v) is 9.45. The van der Waals surface area contributed by atoms with Gasteiger partial charge in [0.15, 0.2) is 0 Å². The Hall–Kier alpha value is -2.98. The number of hydrogen-bond donors (Lipinski definition) is 1. The van der Waals surface area contributed by atoms with E-state index in [1.165, 1.54) is 11.8 Å². The summed E-state index contributed by atoms with van der Waals surface area (Å²) >= 11 is 1.23. The van der Waals surface area contributed by atoms with Gasteiger partial charge in [0.2, 0.25) is 5.91 Å². The molecule has 0 saturated carbocycles. The smallest absolute Gasteiger partial charge is 0.256 e. The summed E-state index contributed by atoms with van der Waals surface area (Å²) < 4.78 is 7.39. The molecule has 1 N–H and O–H groups in total. The quantitative estimate of drug-likeness (QED) is 0.667. The number of rotatable bonds is 5. The highest BCUT2D eigenvalue weighted by molar-refractivity contribution is 7.99. The highest BCUT2D eigenvalue weighted by Gasteiger charge is 2.21. The monoisotopic (exact) mass is 380 g/mol. The van der Waals surface area contributed by atoms with Gasteiger partial charge in [0.25, 0.3) is 5.22 Å². The molecule has 0 aliphatic rings. The number of nitriles is 1. The lowest BCUT2D eigenvalue weighted by Crippen LogP contribution is -2.17. The van der Waals surface area contributed by atoms with Crippen LogP contribution in [-0.4, -0.2) is 21.2 Å². The second-order valence-corrected chi connectivity index (χ2v) is 7.10. The number of benzene rings is 1. The molecule has 2 aromatic heterocycles. The summed E-state index contributed by atoms with van der Waals surface area (Å²) in [4.78, 5) is 16.8. The van der Waals surface area contributed by atoms with Gasteiger partial charge in [0.1, 0.15) is 17.6 Å². The van der Waals surface area contributed by atoms with Gasteiger partial charge in [0.05, 0.1) is 17.0 Å². The van der Waals surface area contributed by atoms with Crippen molar-refractivity contribution in [3.63, 3.8) is 0 Å². The molecule has 3 aromatic rings. The fourth-order valence-corrected chi connectivity index (χ4v) is 3.47. The van der Waals surface area contributed by atoms with E-state index in [1.54, 1.807) is 0 Å². The molecule has 2 heterocycles. The van der Waals surface area contributed by atoms with E-state index < -0.39 is 0 Å². The molecule has 3 rings (SSSR count). The number of oxazole rings is 1. The molecule has 138 valence electrons. The molecule has 0 aliphatic carbocycles. The molecular formula is C20H20N4O2S. The Balaban J connectivity index is 1.86. The molecule has 1 aromatic carbocycles. The number of aryl methyl sites for hydroxylation is 2. The highest BCUT2D eigenvalue weighted by atomic mass is 32.2. The molecule has 0 atom stereocenters. The van der Waals surface area contributed by atoms with Crippen LogP contribution in [0.15, 0.2) is 40.0 Å². The Kier molecular flexibility index (Phi) is 5.38. The number of hydrogen-bond acceptors (Lipinski definition) is 5. The second-order valence-electron chi connectivity index (χ2n) is 6.18. The topological polar surface area (TPSA) is 83.9 Å². The van der Waals surface area contributed by atoms with Crippen molar-refractivity contribution in [1.29, 1.82) is 5.26 Å². The maximum Gasteiger partial charge on any atom is 0.256 e. The van der Waals surface area contributed by atoms with Crippen LogP contribution in [0.5, 0.6) is 0 Å². The van der Waals surface area contributed by atoms with Crippen LogP contribution in [0.1, 0.15) is 28.3 Å². The van der Waals surface area contributed by atoms with Crippen LogP contribution in [0.3, 0.4) is 0 Å². The Morgan fingerprint density at radius 1 is 1.26 bits per heavy atom. The van der Waals surface area contributed by atoms with Gasteiger partial charge >= 0.3 is 0 Å². The lowest BCUT2D eigenvalue weighted by atomic mass is 10.2. The molecule has 0 spiro atoms. The number of nitrogens with one attached hydrogen (secondary N) is 1. The minimum Gasteiger partial charge on any atom is -0.437 e. The lowest BCUT2D eigenvalue weighted by molar-refractivity contribution is -0.113. The minimum atomic E-state index is -0.223. The van der Waals surface area contributed by atoms with Gasteiger partial charge in [-0.3, -0.25) is 9.36 Å². The number of anilines is 1. The largest absolute Gasteiger partial charge is 0.437 e. The zero-order valence-corrected chi connectivity index (χ0v) is 16.5. The van der Waals surface area contributed by atoms with E-state index in [0.717, 1.165) is 28.4 Å². The molecule has 7 heteroatoms. The van der Waals surface area contributed by atoms with Crippen LogP contribution in [0, 0.1) is 39.0 Å². The number of aromatic nitrogens is 2. The normalized spacial score (nSPS) is 10.6.